The zero-order chi connectivity index (χ0) is 11.1. The van der Waals surface area contributed by atoms with E-state index in [1.54, 1.807) is 0 Å². The number of hydrogen-bond acceptors (Lipinski definition) is 4. The monoisotopic (exact) mass is 272 g/mol. The predicted octanol–water partition coefficient (Wildman–Crippen LogP) is 1.18. The van der Waals surface area contributed by atoms with Crippen LogP contribution in [0.3, 0.4) is 0 Å². The maximum Gasteiger partial charge on any atom is 0.239 e. The molecule has 0 spiro atoms. The van der Waals surface area contributed by atoms with E-state index in [1.165, 1.54) is 12.4 Å². The van der Waals surface area contributed by atoms with E-state index in [-0.39, 0.29) is 5.91 Å². The lowest BCUT2D eigenvalue weighted by molar-refractivity contribution is -0.115. The molecule has 6 heteroatoms. The molecule has 1 aromatic heterocycles. The molecular weight excluding hydrogens is 260 g/mol. The lowest BCUT2D eigenvalue weighted by atomic mass is 10.4. The minimum atomic E-state index is -0.111. The summed E-state index contributed by atoms with van der Waals surface area (Å²) in [6.45, 7) is 3.18. The number of amides is 1. The van der Waals surface area contributed by atoms with Crippen molar-refractivity contribution in [3.63, 3.8) is 0 Å². The number of carbonyl (C=O) groups is 1. The Labute approximate surface area is 96.8 Å². The van der Waals surface area contributed by atoms with Crippen LogP contribution >= 0.6 is 15.9 Å². The van der Waals surface area contributed by atoms with Crippen LogP contribution in [0.2, 0.25) is 0 Å². The van der Waals surface area contributed by atoms with E-state index in [2.05, 4.69) is 36.5 Å². The Kier molecular flexibility index (Phi) is 5.20. The maximum atomic E-state index is 11.3. The van der Waals surface area contributed by atoms with Gasteiger partial charge in [-0.2, -0.15) is 0 Å². The molecule has 0 radical (unpaired) electrons. The van der Waals surface area contributed by atoms with Crippen molar-refractivity contribution >= 4 is 27.7 Å². The molecule has 0 fully saturated rings. The Morgan fingerprint density at radius 2 is 2.27 bits per heavy atom. The molecule has 0 aliphatic heterocycles. The number of carbonyl (C=O) groups excluding carboxylic acids is 1. The van der Waals surface area contributed by atoms with Crippen LogP contribution in [0.1, 0.15) is 13.3 Å². The Balaban J connectivity index is 2.34. The average Bonchev–Trinajstić information content (AvgIpc) is 2.22. The smallest absolute Gasteiger partial charge is 0.239 e. The minimum Gasteiger partial charge on any atom is -0.308 e. The first-order valence-corrected chi connectivity index (χ1v) is 5.49. The van der Waals surface area contributed by atoms with Gasteiger partial charge in [-0.15, -0.1) is 0 Å². The molecule has 0 aliphatic rings. The van der Waals surface area contributed by atoms with Gasteiger partial charge in [0.1, 0.15) is 4.60 Å². The van der Waals surface area contributed by atoms with Crippen molar-refractivity contribution in [2.75, 3.05) is 18.4 Å². The van der Waals surface area contributed by atoms with Gasteiger partial charge in [0.2, 0.25) is 5.91 Å². The van der Waals surface area contributed by atoms with E-state index < -0.39 is 0 Å². The number of anilines is 1. The molecule has 2 N–H and O–H groups in total. The molecule has 15 heavy (non-hydrogen) atoms. The molecule has 0 aliphatic carbocycles. The third-order valence-electron chi connectivity index (χ3n) is 1.60. The average molecular weight is 273 g/mol. The molecule has 0 saturated heterocycles. The molecule has 1 heterocycles. The van der Waals surface area contributed by atoms with E-state index in [4.69, 9.17) is 0 Å². The third kappa shape index (κ3) is 4.85. The molecule has 1 rings (SSSR count). The summed E-state index contributed by atoms with van der Waals surface area (Å²) in [6, 6.07) is 0. The highest BCUT2D eigenvalue weighted by molar-refractivity contribution is 9.10. The van der Waals surface area contributed by atoms with Crippen molar-refractivity contribution < 1.29 is 4.79 Å². The third-order valence-corrected chi connectivity index (χ3v) is 2.01. The minimum absolute atomic E-state index is 0.111. The molecule has 0 aromatic carbocycles. The number of hydrogen-bond donors (Lipinski definition) is 2. The van der Waals surface area contributed by atoms with E-state index in [0.717, 1.165) is 13.0 Å². The van der Waals surface area contributed by atoms with Gasteiger partial charge in [-0.3, -0.25) is 4.79 Å². The van der Waals surface area contributed by atoms with Crippen LogP contribution in [0.4, 0.5) is 5.82 Å². The Morgan fingerprint density at radius 3 is 2.87 bits per heavy atom. The van der Waals surface area contributed by atoms with Crippen LogP contribution in [-0.4, -0.2) is 29.0 Å². The second-order valence-electron chi connectivity index (χ2n) is 2.95. The van der Waals surface area contributed by atoms with Gasteiger partial charge in [-0.05, 0) is 28.9 Å². The zero-order valence-corrected chi connectivity index (χ0v) is 10.0. The summed E-state index contributed by atoms with van der Waals surface area (Å²) in [7, 11) is 0. The van der Waals surface area contributed by atoms with Crippen molar-refractivity contribution in [2.24, 2.45) is 0 Å². The van der Waals surface area contributed by atoms with E-state index >= 15 is 0 Å². The summed E-state index contributed by atoms with van der Waals surface area (Å²) in [5, 5.41) is 5.63. The highest BCUT2D eigenvalue weighted by atomic mass is 79.9. The first-order valence-electron chi connectivity index (χ1n) is 4.70. The second kappa shape index (κ2) is 6.47. The number of aromatic nitrogens is 2. The van der Waals surface area contributed by atoms with Crippen molar-refractivity contribution in [1.82, 2.24) is 15.3 Å². The molecule has 1 amide bonds. The fraction of sp³-hybridized carbons (Fsp3) is 0.444. The highest BCUT2D eigenvalue weighted by Gasteiger charge is 2.02. The van der Waals surface area contributed by atoms with Crippen LogP contribution in [0, 0.1) is 0 Å². The SMILES string of the molecule is CCCNCC(=O)Nc1cnc(Br)cn1. The van der Waals surface area contributed by atoms with Crippen LogP contribution in [0.15, 0.2) is 17.0 Å². The van der Waals surface area contributed by atoms with Crippen molar-refractivity contribution in [2.45, 2.75) is 13.3 Å². The lowest BCUT2D eigenvalue weighted by Gasteiger charge is -2.04. The van der Waals surface area contributed by atoms with Crippen LogP contribution in [-0.2, 0) is 4.79 Å². The Hall–Kier alpha value is -1.01. The lowest BCUT2D eigenvalue weighted by Crippen LogP contribution is -2.28. The molecule has 0 unspecified atom stereocenters. The molecular formula is C9H13BrN4O. The Morgan fingerprint density at radius 1 is 1.47 bits per heavy atom. The Bertz CT molecular complexity index is 314. The van der Waals surface area contributed by atoms with E-state index in [1.807, 2.05) is 6.92 Å². The van der Waals surface area contributed by atoms with Gasteiger partial charge in [0, 0.05) is 0 Å². The summed E-state index contributed by atoms with van der Waals surface area (Å²) < 4.78 is 0.643. The zero-order valence-electron chi connectivity index (χ0n) is 8.46. The summed E-state index contributed by atoms with van der Waals surface area (Å²) >= 11 is 3.16. The summed E-state index contributed by atoms with van der Waals surface area (Å²) in [5.41, 5.74) is 0. The number of rotatable bonds is 5. The van der Waals surface area contributed by atoms with Crippen molar-refractivity contribution in [3.05, 3.63) is 17.0 Å². The summed E-state index contributed by atoms with van der Waals surface area (Å²) in [4.78, 5) is 19.2. The first-order chi connectivity index (χ1) is 7.22. The van der Waals surface area contributed by atoms with Crippen LogP contribution < -0.4 is 10.6 Å². The fourth-order valence-corrected chi connectivity index (χ4v) is 1.15. The van der Waals surface area contributed by atoms with Crippen LogP contribution in [0.25, 0.3) is 0 Å². The predicted molar refractivity (Wildman–Crippen MR) is 61.5 cm³/mol. The molecule has 0 atom stereocenters. The van der Waals surface area contributed by atoms with Crippen LogP contribution in [0.5, 0.6) is 0 Å². The van der Waals surface area contributed by atoms with Gasteiger partial charge < -0.3 is 10.6 Å². The van der Waals surface area contributed by atoms with Gasteiger partial charge in [0.15, 0.2) is 5.82 Å². The number of nitrogens with zero attached hydrogens (tertiary/aromatic N) is 2. The molecule has 82 valence electrons. The normalized spacial score (nSPS) is 10.0. The van der Waals surface area contributed by atoms with Gasteiger partial charge in [-0.25, -0.2) is 9.97 Å². The van der Waals surface area contributed by atoms with Gasteiger partial charge in [0.05, 0.1) is 18.9 Å². The summed E-state index contributed by atoms with van der Waals surface area (Å²) in [5.74, 6) is 0.349. The molecule has 0 bridgehead atoms. The summed E-state index contributed by atoms with van der Waals surface area (Å²) in [6.07, 6.45) is 4.04. The van der Waals surface area contributed by atoms with E-state index in [9.17, 15) is 4.79 Å². The first kappa shape index (κ1) is 12.1. The molecule has 5 nitrogen and oxygen atoms in total. The largest absolute Gasteiger partial charge is 0.308 e. The standard InChI is InChI=1S/C9H13BrN4O/c1-2-3-11-6-9(15)14-8-5-12-7(10)4-13-8/h4-5,11H,2-3,6H2,1H3,(H,13,14,15). The molecule has 1 aromatic rings. The maximum absolute atomic E-state index is 11.3. The topological polar surface area (TPSA) is 66.9 Å². The van der Waals surface area contributed by atoms with Crippen molar-refractivity contribution in [1.29, 1.82) is 0 Å². The quantitative estimate of drug-likeness (QED) is 0.790. The number of nitrogens with one attached hydrogen (secondary N) is 2. The van der Waals surface area contributed by atoms with E-state index in [0.29, 0.717) is 17.0 Å². The highest BCUT2D eigenvalue weighted by Crippen LogP contribution is 2.05. The fourth-order valence-electron chi connectivity index (χ4n) is 0.943. The van der Waals surface area contributed by atoms with Gasteiger partial charge >= 0.3 is 0 Å². The van der Waals surface area contributed by atoms with Gasteiger partial charge in [-0.1, -0.05) is 6.92 Å². The van der Waals surface area contributed by atoms with Gasteiger partial charge in [0.25, 0.3) is 0 Å². The second-order valence-corrected chi connectivity index (χ2v) is 3.76. The molecule has 0 saturated carbocycles. The van der Waals surface area contributed by atoms with Crippen molar-refractivity contribution in [3.8, 4) is 0 Å². The number of halogens is 1.